The van der Waals surface area contributed by atoms with Crippen LogP contribution in [0.25, 0.3) is 0 Å². The summed E-state index contributed by atoms with van der Waals surface area (Å²) in [5.41, 5.74) is 0.777. The van der Waals surface area contributed by atoms with Gasteiger partial charge in [-0.2, -0.15) is 0 Å². The first kappa shape index (κ1) is 18.3. The minimum Gasteiger partial charge on any atom is -0.478 e. The molecule has 0 heterocycles. The Morgan fingerprint density at radius 3 is 2.42 bits per heavy atom. The molecular formula is C17H15Cl2NO4. The lowest BCUT2D eigenvalue weighted by Crippen LogP contribution is -2.21. The highest BCUT2D eigenvalue weighted by Gasteiger charge is 2.18. The molecule has 2 aromatic carbocycles. The van der Waals surface area contributed by atoms with Crippen LogP contribution in [0.2, 0.25) is 5.02 Å². The first-order valence-electron chi connectivity index (χ1n) is 7.08. The molecule has 3 N–H and O–H groups in total. The van der Waals surface area contributed by atoms with Crippen LogP contribution >= 0.6 is 23.2 Å². The number of hydrogen-bond donors (Lipinski definition) is 3. The molecule has 126 valence electrons. The number of aliphatic hydroxyl groups is 1. The molecule has 0 aliphatic rings. The standard InChI is InChI=1S/C17H15Cl2NO4/c18-8-11(21)9-20-15-7-10(5-6-14(15)19)16(22)12-3-1-2-4-13(12)17(23)24/h1-7,11,20-21H,8-9H2,(H,23,24). The van der Waals surface area contributed by atoms with E-state index >= 15 is 0 Å². The summed E-state index contributed by atoms with van der Waals surface area (Å²) in [5, 5.41) is 22.0. The number of benzene rings is 2. The molecule has 5 nitrogen and oxygen atoms in total. The fourth-order valence-corrected chi connectivity index (χ4v) is 2.40. The van der Waals surface area contributed by atoms with Crippen LogP contribution in [0.4, 0.5) is 5.69 Å². The number of aliphatic hydroxyl groups excluding tert-OH is 1. The van der Waals surface area contributed by atoms with Gasteiger partial charge < -0.3 is 15.5 Å². The maximum absolute atomic E-state index is 12.6. The molecule has 0 fully saturated rings. The topological polar surface area (TPSA) is 86.6 Å². The Hall–Kier alpha value is -2.08. The SMILES string of the molecule is O=C(O)c1ccccc1C(=O)c1ccc(Cl)c(NCC(O)CCl)c1. The summed E-state index contributed by atoms with van der Waals surface area (Å²) >= 11 is 11.6. The largest absolute Gasteiger partial charge is 0.478 e. The Morgan fingerprint density at radius 1 is 1.12 bits per heavy atom. The van der Waals surface area contributed by atoms with Crippen molar-refractivity contribution in [3.63, 3.8) is 0 Å². The van der Waals surface area contributed by atoms with Crippen LogP contribution in [-0.4, -0.2) is 40.5 Å². The average molecular weight is 368 g/mol. The maximum atomic E-state index is 12.6. The molecule has 0 spiro atoms. The summed E-state index contributed by atoms with van der Waals surface area (Å²) in [5.74, 6) is -1.53. The maximum Gasteiger partial charge on any atom is 0.336 e. The second-order valence-electron chi connectivity index (χ2n) is 5.06. The Morgan fingerprint density at radius 2 is 1.79 bits per heavy atom. The molecule has 0 amide bonds. The Kier molecular flexibility index (Phi) is 6.20. The summed E-state index contributed by atoms with van der Waals surface area (Å²) in [7, 11) is 0. The lowest BCUT2D eigenvalue weighted by molar-refractivity contribution is 0.0693. The summed E-state index contributed by atoms with van der Waals surface area (Å²) in [4.78, 5) is 23.9. The van der Waals surface area contributed by atoms with E-state index < -0.39 is 17.9 Å². The molecule has 1 atom stereocenters. The van der Waals surface area contributed by atoms with Gasteiger partial charge in [-0.25, -0.2) is 4.79 Å². The van der Waals surface area contributed by atoms with Crippen LogP contribution in [0.15, 0.2) is 42.5 Å². The quantitative estimate of drug-likeness (QED) is 0.516. The third-order valence-electron chi connectivity index (χ3n) is 3.34. The summed E-state index contributed by atoms with van der Waals surface area (Å²) in [6.45, 7) is 0.173. The number of rotatable bonds is 7. The molecular weight excluding hydrogens is 353 g/mol. The van der Waals surface area contributed by atoms with Crippen molar-refractivity contribution >= 4 is 40.6 Å². The molecule has 0 aliphatic heterocycles. The van der Waals surface area contributed by atoms with E-state index in [1.807, 2.05) is 0 Å². The zero-order valence-corrected chi connectivity index (χ0v) is 14.0. The van der Waals surface area contributed by atoms with Crippen molar-refractivity contribution in [3.05, 3.63) is 64.2 Å². The fourth-order valence-electron chi connectivity index (χ4n) is 2.11. The number of ketones is 1. The fraction of sp³-hybridized carbons (Fsp3) is 0.176. The number of anilines is 1. The summed E-state index contributed by atoms with van der Waals surface area (Å²) < 4.78 is 0. The zero-order valence-electron chi connectivity index (χ0n) is 12.5. The van der Waals surface area contributed by atoms with Gasteiger partial charge in [-0.1, -0.05) is 29.8 Å². The lowest BCUT2D eigenvalue weighted by Gasteiger charge is -2.13. The molecule has 0 saturated carbocycles. The molecule has 0 saturated heterocycles. The van der Waals surface area contributed by atoms with Crippen LogP contribution in [0.1, 0.15) is 26.3 Å². The van der Waals surface area contributed by atoms with Crippen molar-refractivity contribution in [2.75, 3.05) is 17.7 Å². The van der Waals surface area contributed by atoms with Crippen LogP contribution in [0.5, 0.6) is 0 Å². The number of carboxylic acids is 1. The number of carboxylic acid groups (broad SMARTS) is 1. The molecule has 0 bridgehead atoms. The van der Waals surface area contributed by atoms with Crippen LogP contribution < -0.4 is 5.32 Å². The molecule has 7 heteroatoms. The first-order chi connectivity index (χ1) is 11.4. The monoisotopic (exact) mass is 367 g/mol. The number of carbonyl (C=O) groups excluding carboxylic acids is 1. The molecule has 2 aromatic rings. The van der Waals surface area contributed by atoms with Crippen molar-refractivity contribution in [3.8, 4) is 0 Å². The minimum absolute atomic E-state index is 0.0647. The highest BCUT2D eigenvalue weighted by Crippen LogP contribution is 2.25. The van der Waals surface area contributed by atoms with Crippen LogP contribution in [0.3, 0.4) is 0 Å². The number of nitrogens with one attached hydrogen (secondary N) is 1. The van der Waals surface area contributed by atoms with Gasteiger partial charge in [0.05, 0.1) is 28.3 Å². The van der Waals surface area contributed by atoms with E-state index in [1.165, 1.54) is 30.3 Å². The zero-order chi connectivity index (χ0) is 17.7. The smallest absolute Gasteiger partial charge is 0.336 e. The van der Waals surface area contributed by atoms with E-state index in [2.05, 4.69) is 5.32 Å². The Bertz CT molecular complexity index is 764. The van der Waals surface area contributed by atoms with Gasteiger partial charge in [-0.15, -0.1) is 11.6 Å². The second-order valence-corrected chi connectivity index (χ2v) is 5.78. The molecule has 2 rings (SSSR count). The first-order valence-corrected chi connectivity index (χ1v) is 7.99. The number of hydrogen-bond acceptors (Lipinski definition) is 4. The highest BCUT2D eigenvalue weighted by molar-refractivity contribution is 6.33. The van der Waals surface area contributed by atoms with E-state index in [1.54, 1.807) is 12.1 Å². The lowest BCUT2D eigenvalue weighted by atomic mass is 9.98. The molecule has 0 aliphatic carbocycles. The third-order valence-corrected chi connectivity index (χ3v) is 4.02. The minimum atomic E-state index is -1.17. The van der Waals surface area contributed by atoms with Crippen molar-refractivity contribution in [1.29, 1.82) is 0 Å². The predicted molar refractivity (Wildman–Crippen MR) is 93.5 cm³/mol. The van der Waals surface area contributed by atoms with Gasteiger partial charge in [0.15, 0.2) is 5.78 Å². The number of halogens is 2. The Labute approximate surface area is 148 Å². The highest BCUT2D eigenvalue weighted by atomic mass is 35.5. The van der Waals surface area contributed by atoms with Gasteiger partial charge in [-0.05, 0) is 24.3 Å². The summed E-state index contributed by atoms with van der Waals surface area (Å²) in [6, 6.07) is 10.6. The second kappa shape index (κ2) is 8.15. The molecule has 24 heavy (non-hydrogen) atoms. The van der Waals surface area contributed by atoms with Gasteiger partial charge in [0.25, 0.3) is 0 Å². The van der Waals surface area contributed by atoms with Crippen molar-refractivity contribution in [2.45, 2.75) is 6.10 Å². The number of aromatic carboxylic acids is 1. The number of carbonyl (C=O) groups is 2. The van der Waals surface area contributed by atoms with E-state index in [0.29, 0.717) is 10.7 Å². The molecule has 1 unspecified atom stereocenters. The van der Waals surface area contributed by atoms with Crippen LogP contribution in [0, 0.1) is 0 Å². The summed E-state index contributed by atoms with van der Waals surface area (Å²) in [6.07, 6.45) is -0.755. The van der Waals surface area contributed by atoms with Crippen molar-refractivity contribution in [1.82, 2.24) is 0 Å². The third kappa shape index (κ3) is 4.26. The van der Waals surface area contributed by atoms with E-state index in [-0.39, 0.29) is 29.1 Å². The van der Waals surface area contributed by atoms with E-state index in [9.17, 15) is 19.8 Å². The van der Waals surface area contributed by atoms with Gasteiger partial charge >= 0.3 is 5.97 Å². The Balaban J connectivity index is 2.32. The molecule has 0 radical (unpaired) electrons. The van der Waals surface area contributed by atoms with Gasteiger partial charge in [-0.3, -0.25) is 4.79 Å². The van der Waals surface area contributed by atoms with Crippen LogP contribution in [-0.2, 0) is 0 Å². The molecule has 0 aromatic heterocycles. The van der Waals surface area contributed by atoms with Gasteiger partial charge in [0, 0.05) is 17.7 Å². The predicted octanol–water partition coefficient (Wildman–Crippen LogP) is 3.28. The van der Waals surface area contributed by atoms with E-state index in [4.69, 9.17) is 23.2 Å². The van der Waals surface area contributed by atoms with Gasteiger partial charge in [0.2, 0.25) is 0 Å². The normalized spacial score (nSPS) is 11.8. The van der Waals surface area contributed by atoms with E-state index in [0.717, 1.165) is 0 Å². The van der Waals surface area contributed by atoms with Gasteiger partial charge in [0.1, 0.15) is 0 Å². The average Bonchev–Trinajstić information content (AvgIpc) is 2.60. The van der Waals surface area contributed by atoms with Crippen molar-refractivity contribution < 1.29 is 19.8 Å². The number of alkyl halides is 1. The van der Waals surface area contributed by atoms with Crippen molar-refractivity contribution in [2.24, 2.45) is 0 Å².